The largest absolute Gasteiger partial charge is 0.408 e. The third-order valence-electron chi connectivity index (χ3n) is 1.95. The van der Waals surface area contributed by atoms with Crippen molar-refractivity contribution in [1.82, 2.24) is 19.9 Å². The summed E-state index contributed by atoms with van der Waals surface area (Å²) < 4.78 is 1.65. The Balaban J connectivity index is 0.00000128. The van der Waals surface area contributed by atoms with Gasteiger partial charge in [-0.15, -0.1) is 5.10 Å². The van der Waals surface area contributed by atoms with E-state index in [-0.39, 0.29) is 35.5 Å². The van der Waals surface area contributed by atoms with Crippen molar-refractivity contribution in [2.75, 3.05) is 19.3 Å². The molecular weight excluding hydrogens is 247 g/mol. The maximum atomic E-state index is 11.2. The number of hydrazone groups is 1. The van der Waals surface area contributed by atoms with Gasteiger partial charge in [0.15, 0.2) is 5.03 Å². The van der Waals surface area contributed by atoms with E-state index in [1.165, 1.54) is 17.0 Å². The number of hydrazine groups is 2. The number of carbonyl (C=O) groups excluding carboxylic acids is 1. The number of urea groups is 1. The molecule has 0 unspecified atom stereocenters. The molecule has 1 N–H and O–H groups in total. The van der Waals surface area contributed by atoms with Crippen LogP contribution < -0.4 is 5.32 Å². The molecule has 0 spiro atoms. The van der Waals surface area contributed by atoms with E-state index < -0.39 is 11.1 Å². The summed E-state index contributed by atoms with van der Waals surface area (Å²) in [6, 6.07) is -0.790. The number of rotatable bonds is 2. The van der Waals surface area contributed by atoms with E-state index >= 15 is 0 Å². The molecule has 2 aliphatic heterocycles. The fourth-order valence-electron chi connectivity index (χ4n) is 1.32. The summed E-state index contributed by atoms with van der Waals surface area (Å²) in [5, 5.41) is 17.8. The second kappa shape index (κ2) is 5.08. The summed E-state index contributed by atoms with van der Waals surface area (Å²) >= 11 is 1.39. The second-order valence-corrected chi connectivity index (χ2v) is 3.55. The molecule has 11 heteroatoms. The van der Waals surface area contributed by atoms with Crippen LogP contribution in [0.3, 0.4) is 0 Å². The Morgan fingerprint density at radius 1 is 1.56 bits per heavy atom. The van der Waals surface area contributed by atoms with Gasteiger partial charge in [-0.25, -0.2) is 19.3 Å². The van der Waals surface area contributed by atoms with Crippen molar-refractivity contribution in [2.45, 2.75) is 0 Å². The Morgan fingerprint density at radius 2 is 2.25 bits per heavy atom. The molecule has 1 saturated heterocycles. The number of nitrogens with one attached hydrogen (secondary N) is 1. The van der Waals surface area contributed by atoms with Crippen molar-refractivity contribution in [3.63, 3.8) is 0 Å². The third kappa shape index (κ3) is 2.19. The fourth-order valence-corrected chi connectivity index (χ4v) is 1.74. The molecule has 0 aromatic rings. The van der Waals surface area contributed by atoms with E-state index in [2.05, 4.69) is 10.4 Å². The number of hydrogen-bond donors (Lipinski definition) is 1. The topological polar surface area (TPSA) is 94.3 Å². The molecule has 0 saturated carbocycles. The SMILES string of the molecule is CSN1CCN2C(=N1)NC(=O)N2[N+](=O)[O-].[Na]. The first-order valence-electron chi connectivity index (χ1n) is 4.06. The number of fused-ring (bicyclic) bond motifs is 1. The van der Waals surface area contributed by atoms with E-state index in [4.69, 9.17) is 0 Å². The molecule has 16 heavy (non-hydrogen) atoms. The van der Waals surface area contributed by atoms with Gasteiger partial charge in [-0.3, -0.25) is 5.32 Å². The molecule has 1 fully saturated rings. The number of carbonyl (C=O) groups is 1. The van der Waals surface area contributed by atoms with Crippen molar-refractivity contribution < 1.29 is 9.83 Å². The van der Waals surface area contributed by atoms with Gasteiger partial charge in [0.05, 0.1) is 18.2 Å². The fraction of sp³-hybridized carbons (Fsp3) is 0.600. The van der Waals surface area contributed by atoms with Crippen molar-refractivity contribution in [1.29, 1.82) is 0 Å². The predicted octanol–water partition coefficient (Wildman–Crippen LogP) is -1.10. The van der Waals surface area contributed by atoms with Crippen LogP contribution in [-0.4, -0.2) is 80.5 Å². The van der Waals surface area contributed by atoms with E-state index in [0.29, 0.717) is 18.2 Å². The van der Waals surface area contributed by atoms with Gasteiger partial charge in [0, 0.05) is 35.8 Å². The van der Waals surface area contributed by atoms with Gasteiger partial charge in [-0.05, 0) is 11.9 Å². The Morgan fingerprint density at radius 3 is 2.81 bits per heavy atom. The van der Waals surface area contributed by atoms with Crippen LogP contribution in [0.4, 0.5) is 4.79 Å². The first kappa shape index (κ1) is 13.4. The molecule has 0 aliphatic carbocycles. The third-order valence-corrected chi connectivity index (χ3v) is 2.63. The average molecular weight is 255 g/mol. The molecule has 2 heterocycles. The van der Waals surface area contributed by atoms with E-state index in [9.17, 15) is 14.9 Å². The van der Waals surface area contributed by atoms with Crippen LogP contribution in [-0.2, 0) is 0 Å². The van der Waals surface area contributed by atoms with Crippen LogP contribution in [0.15, 0.2) is 5.10 Å². The van der Waals surface area contributed by atoms with E-state index in [1.54, 1.807) is 4.41 Å². The molecular formula is C5H8N6NaO3S. The Bertz CT molecular complexity index is 351. The zero-order valence-electron chi connectivity index (χ0n) is 8.78. The molecule has 0 aromatic heterocycles. The quantitative estimate of drug-likeness (QED) is 0.291. The normalized spacial score (nSPS) is 18.7. The zero-order chi connectivity index (χ0) is 11.0. The average Bonchev–Trinajstić information content (AvgIpc) is 2.52. The van der Waals surface area contributed by atoms with Gasteiger partial charge >= 0.3 is 6.03 Å². The molecule has 0 bridgehead atoms. The molecule has 0 atom stereocenters. The van der Waals surface area contributed by atoms with Crippen LogP contribution in [0.1, 0.15) is 0 Å². The van der Waals surface area contributed by atoms with E-state index in [0.717, 1.165) is 0 Å². The number of nitrogens with zero attached hydrogens (tertiary/aromatic N) is 5. The van der Waals surface area contributed by atoms with Crippen molar-refractivity contribution in [2.24, 2.45) is 5.10 Å². The van der Waals surface area contributed by atoms with E-state index in [1.807, 2.05) is 6.26 Å². The standard InChI is InChI=1S/C5H8N6O3S.Na/c1-15-9-3-2-8-4(7-9)6-5(12)10(8)11(13)14;/h2-3H2,1H3,(H,6,7,12);. The minimum Gasteiger partial charge on any atom is -0.269 e. The Kier molecular flexibility index (Phi) is 4.24. The first-order valence-corrected chi connectivity index (χ1v) is 5.25. The number of guanidine groups is 1. The number of nitro groups is 1. The number of hydrogen-bond acceptors (Lipinski definition) is 7. The molecule has 1 radical (unpaired) electrons. The summed E-state index contributed by atoms with van der Waals surface area (Å²) in [5.74, 6) is 0.192. The van der Waals surface area contributed by atoms with Crippen LogP contribution in [0.2, 0.25) is 0 Å². The molecule has 2 rings (SSSR count). The van der Waals surface area contributed by atoms with Gasteiger partial charge in [0.25, 0.3) is 0 Å². The zero-order valence-corrected chi connectivity index (χ0v) is 11.6. The van der Waals surface area contributed by atoms with Gasteiger partial charge in [0.1, 0.15) is 0 Å². The summed E-state index contributed by atoms with van der Waals surface area (Å²) in [4.78, 5) is 21.8. The summed E-state index contributed by atoms with van der Waals surface area (Å²) in [6.45, 7) is 0.864. The van der Waals surface area contributed by atoms with Crippen LogP contribution in [0, 0.1) is 10.1 Å². The van der Waals surface area contributed by atoms with Crippen molar-refractivity contribution in [3.8, 4) is 0 Å². The Labute approximate surface area is 117 Å². The van der Waals surface area contributed by atoms with Gasteiger partial charge in [-0.2, -0.15) is 5.01 Å². The first-order chi connectivity index (χ1) is 7.13. The van der Waals surface area contributed by atoms with Crippen LogP contribution in [0.25, 0.3) is 0 Å². The molecule has 9 nitrogen and oxygen atoms in total. The summed E-state index contributed by atoms with van der Waals surface area (Å²) in [6.07, 6.45) is 1.84. The smallest absolute Gasteiger partial charge is 0.269 e. The minimum atomic E-state index is -0.790. The monoisotopic (exact) mass is 255 g/mol. The van der Waals surface area contributed by atoms with Crippen LogP contribution in [0.5, 0.6) is 0 Å². The summed E-state index contributed by atoms with van der Waals surface area (Å²) in [5.41, 5.74) is 0. The molecule has 2 amide bonds. The molecule has 83 valence electrons. The minimum absolute atomic E-state index is 0. The maximum Gasteiger partial charge on any atom is 0.408 e. The van der Waals surface area contributed by atoms with Gasteiger partial charge < -0.3 is 0 Å². The maximum absolute atomic E-state index is 11.2. The van der Waals surface area contributed by atoms with Crippen molar-refractivity contribution in [3.05, 3.63) is 10.1 Å². The van der Waals surface area contributed by atoms with Crippen LogP contribution >= 0.6 is 11.9 Å². The van der Waals surface area contributed by atoms with Gasteiger partial charge in [0.2, 0.25) is 5.96 Å². The van der Waals surface area contributed by atoms with Gasteiger partial charge in [-0.1, -0.05) is 0 Å². The second-order valence-electron chi connectivity index (χ2n) is 2.76. The number of amides is 2. The molecule has 0 aromatic carbocycles. The Hall–Kier alpha value is -0.710. The molecule has 2 aliphatic rings. The predicted molar refractivity (Wildman–Crippen MR) is 57.5 cm³/mol. The van der Waals surface area contributed by atoms with Crippen molar-refractivity contribution >= 4 is 53.5 Å². The summed E-state index contributed by atoms with van der Waals surface area (Å²) in [7, 11) is 0.